The van der Waals surface area contributed by atoms with Gasteiger partial charge in [-0.1, -0.05) is 6.08 Å². The maximum absolute atomic E-state index is 11.6. The van der Waals surface area contributed by atoms with Crippen LogP contribution in [0.2, 0.25) is 0 Å². The molecule has 0 spiro atoms. The maximum atomic E-state index is 11.6. The maximum Gasteiger partial charge on any atom is 0.321 e. The number of urea groups is 1. The van der Waals surface area contributed by atoms with Crippen LogP contribution in [0.4, 0.5) is 4.79 Å². The lowest BCUT2D eigenvalue weighted by Crippen LogP contribution is -2.52. The number of amides is 3. The highest BCUT2D eigenvalue weighted by molar-refractivity contribution is 5.95. The number of hydrogen-bond acceptors (Lipinski definition) is 5. The van der Waals surface area contributed by atoms with Crippen LogP contribution in [0.15, 0.2) is 12.7 Å². The lowest BCUT2D eigenvalue weighted by atomic mass is 10.1. The van der Waals surface area contributed by atoms with Gasteiger partial charge in [0.25, 0.3) is 0 Å². The van der Waals surface area contributed by atoms with Gasteiger partial charge in [-0.15, -0.1) is 6.58 Å². The monoisotopic (exact) mass is 270 g/mol. The Balaban J connectivity index is 2.31. The summed E-state index contributed by atoms with van der Waals surface area (Å²) in [4.78, 5) is 24.8. The van der Waals surface area contributed by atoms with Crippen LogP contribution in [0.1, 0.15) is 6.92 Å². The van der Waals surface area contributed by atoms with Crippen molar-refractivity contribution in [2.24, 2.45) is 5.73 Å². The van der Waals surface area contributed by atoms with Crippen molar-refractivity contribution in [2.45, 2.75) is 19.1 Å². The molecule has 0 aromatic rings. The van der Waals surface area contributed by atoms with Gasteiger partial charge in [-0.05, 0) is 6.92 Å². The molecule has 1 rings (SSSR count). The Morgan fingerprint density at radius 2 is 2.37 bits per heavy atom. The third-order valence-corrected chi connectivity index (χ3v) is 2.79. The van der Waals surface area contributed by atoms with E-state index in [1.807, 2.05) is 11.8 Å². The van der Waals surface area contributed by atoms with Crippen LogP contribution < -0.4 is 16.4 Å². The van der Waals surface area contributed by atoms with Crippen LogP contribution >= 0.6 is 0 Å². The van der Waals surface area contributed by atoms with Crippen LogP contribution in [0.25, 0.3) is 0 Å². The minimum Gasteiger partial charge on any atom is -0.374 e. The predicted molar refractivity (Wildman–Crippen MR) is 71.6 cm³/mol. The van der Waals surface area contributed by atoms with E-state index in [1.54, 1.807) is 6.08 Å². The highest BCUT2D eigenvalue weighted by atomic mass is 16.5. The largest absolute Gasteiger partial charge is 0.374 e. The minimum absolute atomic E-state index is 0.0730. The topological polar surface area (TPSA) is 96.7 Å². The smallest absolute Gasteiger partial charge is 0.321 e. The Morgan fingerprint density at radius 3 is 3.00 bits per heavy atom. The molecule has 1 heterocycles. The number of carbonyl (C=O) groups excluding carboxylic acids is 2. The van der Waals surface area contributed by atoms with E-state index in [1.165, 1.54) is 0 Å². The standard InChI is InChI=1S/C12H22N4O3/c1-3-4-14-12(18)15-11(17)8-16-5-6-19-10(7-16)9(2)13/h3,9-10H,1,4-8,13H2,2H3,(H2,14,15,17,18). The average Bonchev–Trinajstić information content (AvgIpc) is 2.36. The first kappa shape index (κ1) is 15.6. The molecule has 108 valence electrons. The number of hydrogen-bond donors (Lipinski definition) is 3. The molecular formula is C12H22N4O3. The van der Waals surface area contributed by atoms with Crippen LogP contribution in [0.3, 0.4) is 0 Å². The first-order chi connectivity index (χ1) is 9.02. The molecule has 1 saturated heterocycles. The molecule has 0 radical (unpaired) electrons. The average molecular weight is 270 g/mol. The number of nitrogens with two attached hydrogens (primary N) is 1. The van der Waals surface area contributed by atoms with E-state index in [9.17, 15) is 9.59 Å². The molecular weight excluding hydrogens is 248 g/mol. The molecule has 7 nitrogen and oxygen atoms in total. The van der Waals surface area contributed by atoms with Gasteiger partial charge in [-0.2, -0.15) is 0 Å². The zero-order valence-corrected chi connectivity index (χ0v) is 11.2. The van der Waals surface area contributed by atoms with Crippen molar-refractivity contribution in [3.05, 3.63) is 12.7 Å². The number of rotatable bonds is 5. The fourth-order valence-electron chi connectivity index (χ4n) is 1.77. The van der Waals surface area contributed by atoms with E-state index < -0.39 is 6.03 Å². The van der Waals surface area contributed by atoms with Gasteiger partial charge in [0.05, 0.1) is 19.3 Å². The van der Waals surface area contributed by atoms with Gasteiger partial charge in [0.15, 0.2) is 0 Å². The SMILES string of the molecule is C=CCNC(=O)NC(=O)CN1CCOC(C(C)N)C1. The molecule has 0 bridgehead atoms. The summed E-state index contributed by atoms with van der Waals surface area (Å²) in [5.74, 6) is -0.341. The van der Waals surface area contributed by atoms with E-state index >= 15 is 0 Å². The van der Waals surface area contributed by atoms with Crippen molar-refractivity contribution in [1.29, 1.82) is 0 Å². The molecule has 1 aliphatic rings. The van der Waals surface area contributed by atoms with Crippen LogP contribution in [0.5, 0.6) is 0 Å². The second-order valence-corrected chi connectivity index (χ2v) is 4.55. The summed E-state index contributed by atoms with van der Waals surface area (Å²) in [7, 11) is 0. The quantitative estimate of drug-likeness (QED) is 0.559. The Kier molecular flexibility index (Phi) is 6.48. The summed E-state index contributed by atoms with van der Waals surface area (Å²) >= 11 is 0. The summed E-state index contributed by atoms with van der Waals surface area (Å²) < 4.78 is 5.50. The number of ether oxygens (including phenoxy) is 1. The molecule has 1 fully saturated rings. The molecule has 3 amide bonds. The Bertz CT molecular complexity index is 333. The molecule has 4 N–H and O–H groups in total. The van der Waals surface area contributed by atoms with Gasteiger partial charge in [0.2, 0.25) is 5.91 Å². The molecule has 1 aliphatic heterocycles. The zero-order chi connectivity index (χ0) is 14.3. The van der Waals surface area contributed by atoms with Crippen LogP contribution in [0, 0.1) is 0 Å². The van der Waals surface area contributed by atoms with Crippen molar-refractivity contribution in [3.63, 3.8) is 0 Å². The Labute approximate surface area is 113 Å². The van der Waals surface area contributed by atoms with E-state index in [4.69, 9.17) is 10.5 Å². The highest BCUT2D eigenvalue weighted by Gasteiger charge is 2.24. The van der Waals surface area contributed by atoms with Crippen molar-refractivity contribution in [1.82, 2.24) is 15.5 Å². The summed E-state index contributed by atoms with van der Waals surface area (Å²) in [6, 6.07) is -0.594. The molecule has 2 atom stereocenters. The molecule has 0 aromatic heterocycles. The summed E-state index contributed by atoms with van der Waals surface area (Å²) in [6.07, 6.45) is 1.47. The third-order valence-electron chi connectivity index (χ3n) is 2.79. The van der Waals surface area contributed by atoms with Crippen molar-refractivity contribution < 1.29 is 14.3 Å². The fraction of sp³-hybridized carbons (Fsp3) is 0.667. The van der Waals surface area contributed by atoms with Gasteiger partial charge in [-0.25, -0.2) is 4.79 Å². The highest BCUT2D eigenvalue weighted by Crippen LogP contribution is 2.07. The van der Waals surface area contributed by atoms with Crippen LogP contribution in [-0.2, 0) is 9.53 Å². The first-order valence-corrected chi connectivity index (χ1v) is 6.31. The van der Waals surface area contributed by atoms with Gasteiger partial charge < -0.3 is 15.8 Å². The molecule has 0 saturated carbocycles. The number of morpholine rings is 1. The van der Waals surface area contributed by atoms with E-state index in [0.717, 1.165) is 0 Å². The van der Waals surface area contributed by atoms with Gasteiger partial charge >= 0.3 is 6.03 Å². The number of nitrogens with one attached hydrogen (secondary N) is 2. The van der Waals surface area contributed by atoms with Crippen molar-refractivity contribution in [3.8, 4) is 0 Å². The molecule has 7 heteroatoms. The van der Waals surface area contributed by atoms with E-state index in [0.29, 0.717) is 26.2 Å². The third kappa shape index (κ3) is 5.82. The van der Waals surface area contributed by atoms with E-state index in [-0.39, 0.29) is 24.6 Å². The summed E-state index contributed by atoms with van der Waals surface area (Å²) in [5, 5.41) is 4.73. The van der Waals surface area contributed by atoms with Crippen molar-refractivity contribution in [2.75, 3.05) is 32.8 Å². The normalized spacial score (nSPS) is 21.5. The lowest BCUT2D eigenvalue weighted by molar-refractivity contribution is -0.123. The second-order valence-electron chi connectivity index (χ2n) is 4.55. The summed E-state index contributed by atoms with van der Waals surface area (Å²) in [5.41, 5.74) is 5.77. The van der Waals surface area contributed by atoms with Gasteiger partial charge in [0, 0.05) is 25.7 Å². The number of nitrogens with zero attached hydrogens (tertiary/aromatic N) is 1. The fourth-order valence-corrected chi connectivity index (χ4v) is 1.77. The van der Waals surface area contributed by atoms with Crippen molar-refractivity contribution >= 4 is 11.9 Å². The lowest BCUT2D eigenvalue weighted by Gasteiger charge is -2.34. The zero-order valence-electron chi connectivity index (χ0n) is 11.2. The Morgan fingerprint density at radius 1 is 1.63 bits per heavy atom. The molecule has 2 unspecified atom stereocenters. The van der Waals surface area contributed by atoms with E-state index in [2.05, 4.69) is 17.2 Å². The van der Waals surface area contributed by atoms with Gasteiger partial charge in [0.1, 0.15) is 0 Å². The summed E-state index contributed by atoms with van der Waals surface area (Å²) in [6.45, 7) is 7.62. The van der Waals surface area contributed by atoms with Gasteiger partial charge in [-0.3, -0.25) is 15.0 Å². The molecule has 0 aromatic carbocycles. The minimum atomic E-state index is -0.512. The second kappa shape index (κ2) is 7.88. The number of imide groups is 1. The first-order valence-electron chi connectivity index (χ1n) is 6.31. The Hall–Kier alpha value is -1.44. The molecule has 19 heavy (non-hydrogen) atoms. The predicted octanol–water partition coefficient (Wildman–Crippen LogP) is -0.954. The van der Waals surface area contributed by atoms with Crippen LogP contribution in [-0.4, -0.2) is 61.8 Å². The molecule has 0 aliphatic carbocycles. The number of carbonyl (C=O) groups is 2.